The Kier molecular flexibility index (Phi) is 3.17. The predicted molar refractivity (Wildman–Crippen MR) is 96.0 cm³/mol. The van der Waals surface area contributed by atoms with Gasteiger partial charge in [-0.1, -0.05) is 20.8 Å². The molecule has 4 aromatic heterocycles. The third kappa shape index (κ3) is 2.35. The Balaban J connectivity index is 2.02. The van der Waals surface area contributed by atoms with Gasteiger partial charge in [0, 0.05) is 34.4 Å². The molecule has 0 saturated carbocycles. The first-order valence-corrected chi connectivity index (χ1v) is 8.04. The van der Waals surface area contributed by atoms with Crippen LogP contribution in [0.1, 0.15) is 32.0 Å². The molecule has 0 aromatic carbocycles. The van der Waals surface area contributed by atoms with Crippen LogP contribution in [-0.2, 0) is 5.41 Å². The van der Waals surface area contributed by atoms with Gasteiger partial charge in [0.05, 0.1) is 11.9 Å². The van der Waals surface area contributed by atoms with E-state index in [4.69, 9.17) is 4.42 Å². The Hall–Kier alpha value is -2.75. The van der Waals surface area contributed by atoms with Gasteiger partial charge < -0.3 is 4.42 Å². The number of nitrogens with zero attached hydrogens (tertiary/aromatic N) is 3. The highest BCUT2D eigenvalue weighted by molar-refractivity contribution is 6.10. The normalized spacial score (nSPS) is 12.2. The summed E-state index contributed by atoms with van der Waals surface area (Å²) in [7, 11) is 0. The largest absolute Gasteiger partial charge is 0.436 e. The monoisotopic (exact) mass is 317 g/mol. The van der Waals surface area contributed by atoms with Gasteiger partial charge in [0.2, 0.25) is 5.71 Å². The molecule has 0 fully saturated rings. The van der Waals surface area contributed by atoms with Crippen LogP contribution in [0, 0.1) is 6.92 Å². The van der Waals surface area contributed by atoms with Crippen LogP contribution in [0.4, 0.5) is 0 Å². The summed E-state index contributed by atoms with van der Waals surface area (Å²) in [5.74, 6) is 0. The molecule has 4 nitrogen and oxygen atoms in total. The Morgan fingerprint density at radius 2 is 1.88 bits per heavy atom. The first-order chi connectivity index (χ1) is 11.4. The summed E-state index contributed by atoms with van der Waals surface area (Å²) in [6.45, 7) is 8.56. The maximum Gasteiger partial charge on any atom is 0.227 e. The van der Waals surface area contributed by atoms with Crippen molar-refractivity contribution in [3.05, 3.63) is 54.1 Å². The summed E-state index contributed by atoms with van der Waals surface area (Å²) >= 11 is 0. The van der Waals surface area contributed by atoms with E-state index in [0.717, 1.165) is 33.3 Å². The summed E-state index contributed by atoms with van der Waals surface area (Å²) in [4.78, 5) is 13.4. The molecular formula is C20H19N3O. The van der Waals surface area contributed by atoms with E-state index < -0.39 is 0 Å². The summed E-state index contributed by atoms with van der Waals surface area (Å²) in [5, 5.41) is 2.02. The van der Waals surface area contributed by atoms with Crippen LogP contribution in [0.25, 0.3) is 33.3 Å². The molecule has 0 radical (unpaired) electrons. The van der Waals surface area contributed by atoms with E-state index in [9.17, 15) is 0 Å². The van der Waals surface area contributed by atoms with Gasteiger partial charge in [-0.25, -0.2) is 4.98 Å². The van der Waals surface area contributed by atoms with E-state index in [1.54, 1.807) is 6.20 Å². The number of hydrogen-bond donors (Lipinski definition) is 0. The highest BCUT2D eigenvalue weighted by Crippen LogP contribution is 2.35. The van der Waals surface area contributed by atoms with Crippen molar-refractivity contribution in [1.82, 2.24) is 15.0 Å². The highest BCUT2D eigenvalue weighted by atomic mass is 16.3. The van der Waals surface area contributed by atoms with Gasteiger partial charge in [-0.2, -0.15) is 0 Å². The fourth-order valence-corrected chi connectivity index (χ4v) is 2.94. The second-order valence-corrected chi connectivity index (χ2v) is 7.15. The zero-order valence-electron chi connectivity index (χ0n) is 14.3. The zero-order chi connectivity index (χ0) is 16.9. The molecule has 4 heterocycles. The third-order valence-corrected chi connectivity index (χ3v) is 4.29. The minimum atomic E-state index is 0.0656. The van der Waals surface area contributed by atoms with Crippen molar-refractivity contribution in [3.63, 3.8) is 0 Å². The molecule has 4 rings (SSSR count). The second kappa shape index (κ2) is 5.13. The summed E-state index contributed by atoms with van der Waals surface area (Å²) in [5.41, 5.74) is 5.51. The number of aryl methyl sites for hydroxylation is 1. The number of hydrogen-bond acceptors (Lipinski definition) is 4. The molecule has 0 unspecified atom stereocenters. The maximum atomic E-state index is 5.89. The molecule has 120 valence electrons. The summed E-state index contributed by atoms with van der Waals surface area (Å²) in [6, 6.07) is 8.26. The summed E-state index contributed by atoms with van der Waals surface area (Å²) < 4.78 is 5.89. The zero-order valence-corrected chi connectivity index (χ0v) is 14.3. The van der Waals surface area contributed by atoms with E-state index in [1.165, 1.54) is 5.56 Å². The van der Waals surface area contributed by atoms with Crippen LogP contribution in [0.3, 0.4) is 0 Å². The fourth-order valence-electron chi connectivity index (χ4n) is 2.94. The van der Waals surface area contributed by atoms with Crippen molar-refractivity contribution >= 4 is 22.1 Å². The molecule has 0 aliphatic rings. The van der Waals surface area contributed by atoms with Gasteiger partial charge in [-0.3, -0.25) is 9.97 Å². The van der Waals surface area contributed by atoms with Crippen LogP contribution >= 0.6 is 0 Å². The van der Waals surface area contributed by atoms with Crippen LogP contribution in [0.2, 0.25) is 0 Å². The molecule has 0 aliphatic carbocycles. The molecular weight excluding hydrogens is 298 g/mol. The third-order valence-electron chi connectivity index (χ3n) is 4.29. The Morgan fingerprint density at radius 1 is 1.04 bits per heavy atom. The Morgan fingerprint density at radius 3 is 2.67 bits per heavy atom. The molecule has 24 heavy (non-hydrogen) atoms. The molecule has 0 aliphatic heterocycles. The quantitative estimate of drug-likeness (QED) is 0.493. The lowest BCUT2D eigenvalue weighted by Crippen LogP contribution is -2.11. The number of furan rings is 1. The maximum absolute atomic E-state index is 5.89. The topological polar surface area (TPSA) is 51.8 Å². The fraction of sp³-hybridized carbons (Fsp3) is 0.250. The molecule has 0 amide bonds. The number of fused-ring (bicyclic) bond motifs is 3. The smallest absolute Gasteiger partial charge is 0.227 e. The van der Waals surface area contributed by atoms with E-state index in [2.05, 4.69) is 53.9 Å². The number of rotatable bonds is 1. The van der Waals surface area contributed by atoms with Gasteiger partial charge in [0.25, 0.3) is 0 Å². The number of aromatic nitrogens is 3. The van der Waals surface area contributed by atoms with Crippen LogP contribution in [0.15, 0.2) is 47.3 Å². The van der Waals surface area contributed by atoms with Crippen LogP contribution in [-0.4, -0.2) is 15.0 Å². The minimum Gasteiger partial charge on any atom is -0.436 e. The van der Waals surface area contributed by atoms with Crippen molar-refractivity contribution in [1.29, 1.82) is 0 Å². The molecule has 0 N–H and O–H groups in total. The molecule has 4 heteroatoms. The molecule has 0 bridgehead atoms. The van der Waals surface area contributed by atoms with Gasteiger partial charge in [0.15, 0.2) is 5.58 Å². The van der Waals surface area contributed by atoms with Crippen LogP contribution < -0.4 is 0 Å². The van der Waals surface area contributed by atoms with Crippen molar-refractivity contribution in [2.75, 3.05) is 0 Å². The second-order valence-electron chi connectivity index (χ2n) is 7.15. The highest BCUT2D eigenvalue weighted by Gasteiger charge is 2.18. The minimum absolute atomic E-state index is 0.0656. The lowest BCUT2D eigenvalue weighted by atomic mass is 9.87. The van der Waals surface area contributed by atoms with E-state index in [1.807, 2.05) is 25.4 Å². The van der Waals surface area contributed by atoms with Gasteiger partial charge in [-0.15, -0.1) is 0 Å². The van der Waals surface area contributed by atoms with Gasteiger partial charge >= 0.3 is 0 Å². The molecule has 0 saturated heterocycles. The SMILES string of the molecule is Cc1ccc2c(n1)oc1cncc(-c3cc(C(C)(C)C)ccn3)c12. The predicted octanol–water partition coefficient (Wildman–Crippen LogP) is 5.04. The van der Waals surface area contributed by atoms with Crippen molar-refractivity contribution in [3.8, 4) is 11.3 Å². The first kappa shape index (κ1) is 14.8. The van der Waals surface area contributed by atoms with Gasteiger partial charge in [0.1, 0.15) is 0 Å². The molecule has 0 atom stereocenters. The molecule has 4 aromatic rings. The lowest BCUT2D eigenvalue weighted by Gasteiger charge is -2.19. The summed E-state index contributed by atoms with van der Waals surface area (Å²) in [6.07, 6.45) is 5.45. The van der Waals surface area contributed by atoms with Gasteiger partial charge in [-0.05, 0) is 42.2 Å². The first-order valence-electron chi connectivity index (χ1n) is 8.04. The average molecular weight is 317 g/mol. The van der Waals surface area contributed by atoms with Crippen molar-refractivity contribution in [2.24, 2.45) is 0 Å². The molecule has 0 spiro atoms. The average Bonchev–Trinajstić information content (AvgIpc) is 2.91. The van der Waals surface area contributed by atoms with Crippen LogP contribution in [0.5, 0.6) is 0 Å². The van der Waals surface area contributed by atoms with E-state index in [-0.39, 0.29) is 5.41 Å². The van der Waals surface area contributed by atoms with Crippen molar-refractivity contribution in [2.45, 2.75) is 33.1 Å². The number of pyridine rings is 3. The Bertz CT molecular complexity index is 1060. The van der Waals surface area contributed by atoms with E-state index >= 15 is 0 Å². The van der Waals surface area contributed by atoms with E-state index in [0.29, 0.717) is 5.71 Å². The van der Waals surface area contributed by atoms with Crippen molar-refractivity contribution < 1.29 is 4.42 Å². The lowest BCUT2D eigenvalue weighted by molar-refractivity contribution is 0.589. The Labute approximate surface area is 140 Å². The standard InChI is InChI=1S/C20H19N3O/c1-12-5-6-14-18-15(10-21-11-17(18)24-19(14)23-12)16-9-13(7-8-22-16)20(2,3)4/h5-11H,1-4H3.